The minimum atomic E-state index is -3.26. The lowest BCUT2D eigenvalue weighted by Gasteiger charge is -2.10. The number of hydrogen-bond donors (Lipinski definition) is 2. The summed E-state index contributed by atoms with van der Waals surface area (Å²) in [5, 5.41) is 12.2. The second-order valence-corrected chi connectivity index (χ2v) is 6.36. The third kappa shape index (κ3) is 5.30. The molecular formula is C12H19NO3S. The molecule has 0 bridgehead atoms. The molecule has 1 rings (SSSR count). The van der Waals surface area contributed by atoms with Crippen molar-refractivity contribution in [3.8, 4) is 0 Å². The highest BCUT2D eigenvalue weighted by molar-refractivity contribution is 7.90. The SMILES string of the molecule is CNCC(O)CS(=O)(=O)Cc1cccc(C)c1. The van der Waals surface area contributed by atoms with E-state index in [1.54, 1.807) is 13.1 Å². The number of aryl methyl sites for hydroxylation is 1. The lowest BCUT2D eigenvalue weighted by atomic mass is 10.2. The van der Waals surface area contributed by atoms with E-state index in [4.69, 9.17) is 0 Å². The zero-order valence-corrected chi connectivity index (χ0v) is 11.0. The van der Waals surface area contributed by atoms with Gasteiger partial charge in [0.25, 0.3) is 0 Å². The Kier molecular flexibility index (Phi) is 5.11. The molecule has 0 aromatic heterocycles. The molecule has 1 aromatic carbocycles. The van der Waals surface area contributed by atoms with Crippen LogP contribution >= 0.6 is 0 Å². The summed E-state index contributed by atoms with van der Waals surface area (Å²) in [5.41, 5.74) is 1.80. The topological polar surface area (TPSA) is 66.4 Å². The monoisotopic (exact) mass is 257 g/mol. The fraction of sp³-hybridized carbons (Fsp3) is 0.500. The molecule has 0 fully saturated rings. The van der Waals surface area contributed by atoms with Crippen molar-refractivity contribution in [2.75, 3.05) is 19.3 Å². The maximum absolute atomic E-state index is 11.8. The minimum absolute atomic E-state index is 0.0184. The van der Waals surface area contributed by atoms with Crippen LogP contribution in [0.3, 0.4) is 0 Å². The summed E-state index contributed by atoms with van der Waals surface area (Å²) in [6.45, 7) is 2.21. The van der Waals surface area contributed by atoms with E-state index in [-0.39, 0.29) is 18.1 Å². The van der Waals surface area contributed by atoms with E-state index < -0.39 is 15.9 Å². The van der Waals surface area contributed by atoms with Gasteiger partial charge in [-0.05, 0) is 19.5 Å². The smallest absolute Gasteiger partial charge is 0.157 e. The number of rotatable bonds is 6. The summed E-state index contributed by atoms with van der Waals surface area (Å²) in [5.74, 6) is -0.225. The maximum atomic E-state index is 11.8. The molecule has 0 aliphatic heterocycles. The highest BCUT2D eigenvalue weighted by atomic mass is 32.2. The van der Waals surface area contributed by atoms with Crippen molar-refractivity contribution >= 4 is 9.84 Å². The summed E-state index contributed by atoms with van der Waals surface area (Å²) in [6.07, 6.45) is -0.852. The first-order valence-corrected chi connectivity index (χ1v) is 7.34. The molecule has 1 unspecified atom stereocenters. The zero-order chi connectivity index (χ0) is 12.9. The normalized spacial score (nSPS) is 13.6. The van der Waals surface area contributed by atoms with Crippen LogP contribution in [-0.2, 0) is 15.6 Å². The van der Waals surface area contributed by atoms with Crippen LogP contribution in [0.15, 0.2) is 24.3 Å². The number of benzene rings is 1. The second kappa shape index (κ2) is 6.14. The highest BCUT2D eigenvalue weighted by Crippen LogP contribution is 2.09. The molecule has 4 nitrogen and oxygen atoms in total. The van der Waals surface area contributed by atoms with E-state index in [1.807, 2.05) is 25.1 Å². The largest absolute Gasteiger partial charge is 0.391 e. The number of aliphatic hydroxyl groups is 1. The van der Waals surface area contributed by atoms with Gasteiger partial charge >= 0.3 is 0 Å². The van der Waals surface area contributed by atoms with Gasteiger partial charge in [-0.2, -0.15) is 0 Å². The minimum Gasteiger partial charge on any atom is -0.391 e. The Bertz CT molecular complexity index is 457. The maximum Gasteiger partial charge on any atom is 0.157 e. The van der Waals surface area contributed by atoms with Crippen molar-refractivity contribution in [3.05, 3.63) is 35.4 Å². The Morgan fingerprint density at radius 3 is 2.71 bits per heavy atom. The molecule has 96 valence electrons. The number of likely N-dealkylation sites (N-methyl/N-ethyl adjacent to an activating group) is 1. The van der Waals surface area contributed by atoms with E-state index in [0.717, 1.165) is 11.1 Å². The fourth-order valence-corrected chi connectivity index (χ4v) is 3.21. The fourth-order valence-electron chi connectivity index (χ4n) is 1.70. The van der Waals surface area contributed by atoms with Gasteiger partial charge in [0.2, 0.25) is 0 Å². The van der Waals surface area contributed by atoms with Gasteiger partial charge in [-0.3, -0.25) is 0 Å². The van der Waals surface area contributed by atoms with Gasteiger partial charge in [0.1, 0.15) is 0 Å². The number of aliphatic hydroxyl groups excluding tert-OH is 1. The van der Waals surface area contributed by atoms with Crippen LogP contribution in [0.25, 0.3) is 0 Å². The van der Waals surface area contributed by atoms with Crippen LogP contribution in [-0.4, -0.2) is 39.0 Å². The van der Waals surface area contributed by atoms with Crippen molar-refractivity contribution in [2.24, 2.45) is 0 Å². The molecule has 0 saturated carbocycles. The highest BCUT2D eigenvalue weighted by Gasteiger charge is 2.17. The van der Waals surface area contributed by atoms with Crippen molar-refractivity contribution in [1.82, 2.24) is 5.32 Å². The van der Waals surface area contributed by atoms with Gasteiger partial charge in [-0.25, -0.2) is 8.42 Å². The Balaban J connectivity index is 2.67. The molecular weight excluding hydrogens is 238 g/mol. The van der Waals surface area contributed by atoms with Crippen molar-refractivity contribution < 1.29 is 13.5 Å². The third-order valence-electron chi connectivity index (χ3n) is 2.36. The molecule has 0 spiro atoms. The quantitative estimate of drug-likeness (QED) is 0.778. The van der Waals surface area contributed by atoms with Crippen LogP contribution in [0.5, 0.6) is 0 Å². The van der Waals surface area contributed by atoms with Crippen molar-refractivity contribution in [1.29, 1.82) is 0 Å². The van der Waals surface area contributed by atoms with Crippen molar-refractivity contribution in [2.45, 2.75) is 18.8 Å². The predicted molar refractivity (Wildman–Crippen MR) is 68.6 cm³/mol. The molecule has 0 heterocycles. The predicted octanol–water partition coefficient (Wildman–Crippen LogP) is 0.490. The summed E-state index contributed by atoms with van der Waals surface area (Å²) < 4.78 is 23.6. The lowest BCUT2D eigenvalue weighted by molar-refractivity contribution is 0.196. The lowest BCUT2D eigenvalue weighted by Crippen LogP contribution is -2.31. The van der Waals surface area contributed by atoms with Gasteiger partial charge in [0, 0.05) is 6.54 Å². The van der Waals surface area contributed by atoms with E-state index in [1.165, 1.54) is 0 Å². The van der Waals surface area contributed by atoms with Crippen LogP contribution < -0.4 is 5.32 Å². The molecule has 0 amide bonds. The Morgan fingerprint density at radius 2 is 2.12 bits per heavy atom. The average molecular weight is 257 g/mol. The molecule has 0 radical (unpaired) electrons. The molecule has 5 heteroatoms. The Labute approximate surface area is 103 Å². The van der Waals surface area contributed by atoms with Crippen LogP contribution in [0.4, 0.5) is 0 Å². The van der Waals surface area contributed by atoms with Gasteiger partial charge in [-0.1, -0.05) is 29.8 Å². The molecule has 1 atom stereocenters. The second-order valence-electron chi connectivity index (χ2n) is 4.26. The van der Waals surface area contributed by atoms with E-state index in [2.05, 4.69) is 5.32 Å². The third-order valence-corrected chi connectivity index (χ3v) is 4.02. The first-order valence-electron chi connectivity index (χ1n) is 5.51. The van der Waals surface area contributed by atoms with Crippen LogP contribution in [0.1, 0.15) is 11.1 Å². The van der Waals surface area contributed by atoms with Crippen LogP contribution in [0, 0.1) is 6.92 Å². The molecule has 0 aliphatic rings. The first-order chi connectivity index (χ1) is 7.93. The zero-order valence-electron chi connectivity index (χ0n) is 10.2. The standard InChI is InChI=1S/C12H19NO3S/c1-10-4-3-5-11(6-10)8-17(15,16)9-12(14)7-13-2/h3-6,12-14H,7-9H2,1-2H3. The van der Waals surface area contributed by atoms with E-state index in [9.17, 15) is 13.5 Å². The molecule has 0 saturated heterocycles. The van der Waals surface area contributed by atoms with Gasteiger partial charge in [0.05, 0.1) is 17.6 Å². The van der Waals surface area contributed by atoms with Gasteiger partial charge < -0.3 is 10.4 Å². The summed E-state index contributed by atoms with van der Waals surface area (Å²) in [7, 11) is -1.59. The number of nitrogens with one attached hydrogen (secondary N) is 1. The first kappa shape index (κ1) is 14.2. The molecule has 17 heavy (non-hydrogen) atoms. The summed E-state index contributed by atoms with van der Waals surface area (Å²) in [6, 6.07) is 7.40. The van der Waals surface area contributed by atoms with Crippen LogP contribution in [0.2, 0.25) is 0 Å². The van der Waals surface area contributed by atoms with Gasteiger partial charge in [0.15, 0.2) is 9.84 Å². The van der Waals surface area contributed by atoms with Crippen molar-refractivity contribution in [3.63, 3.8) is 0 Å². The summed E-state index contributed by atoms with van der Waals surface area (Å²) in [4.78, 5) is 0. The molecule has 1 aromatic rings. The number of sulfone groups is 1. The number of hydrogen-bond acceptors (Lipinski definition) is 4. The molecule has 0 aliphatic carbocycles. The van der Waals surface area contributed by atoms with E-state index in [0.29, 0.717) is 0 Å². The Hall–Kier alpha value is -0.910. The average Bonchev–Trinajstić information content (AvgIpc) is 2.15. The summed E-state index contributed by atoms with van der Waals surface area (Å²) >= 11 is 0. The Morgan fingerprint density at radius 1 is 1.41 bits per heavy atom. The van der Waals surface area contributed by atoms with Gasteiger partial charge in [-0.15, -0.1) is 0 Å². The van der Waals surface area contributed by atoms with E-state index >= 15 is 0 Å². The molecule has 2 N–H and O–H groups in total.